The lowest BCUT2D eigenvalue weighted by molar-refractivity contribution is 0.586. The van der Waals surface area contributed by atoms with Crippen LogP contribution >= 0.6 is 0 Å². The first kappa shape index (κ1) is 25.3. The van der Waals surface area contributed by atoms with Crippen molar-refractivity contribution in [2.75, 3.05) is 0 Å². The van der Waals surface area contributed by atoms with Gasteiger partial charge in [-0.05, 0) is 55.2 Å². The highest BCUT2D eigenvalue weighted by Gasteiger charge is 2.08. The van der Waals surface area contributed by atoms with Gasteiger partial charge in [-0.15, -0.1) is 0 Å². The average molecular weight is 387 g/mol. The van der Waals surface area contributed by atoms with Gasteiger partial charge in [0, 0.05) is 0 Å². The molecular weight excluding hydrogens is 336 g/mol. The normalized spacial score (nSPS) is 11.2. The van der Waals surface area contributed by atoms with Gasteiger partial charge in [-0.1, -0.05) is 122 Å². The van der Waals surface area contributed by atoms with Crippen LogP contribution < -0.4 is 0 Å². The zero-order valence-electron chi connectivity index (χ0n) is 19.7. The standard InChI is InChI=1S/C28H50/c1-4-7-10-12-14-15-18-22-27-24-20-23-26(21-17-9-6-3)28(27)25-19-16-13-11-8-5-2/h20,23-24H,4-19,21-22,25H2,1-3H3. The van der Waals surface area contributed by atoms with E-state index in [1.54, 1.807) is 16.7 Å². The van der Waals surface area contributed by atoms with Crippen molar-refractivity contribution in [3.8, 4) is 0 Å². The van der Waals surface area contributed by atoms with Crippen LogP contribution in [0.3, 0.4) is 0 Å². The summed E-state index contributed by atoms with van der Waals surface area (Å²) >= 11 is 0. The zero-order chi connectivity index (χ0) is 20.3. The molecule has 0 aliphatic heterocycles. The maximum Gasteiger partial charge on any atom is -0.0273 e. The van der Waals surface area contributed by atoms with Gasteiger partial charge < -0.3 is 0 Å². The lowest BCUT2D eigenvalue weighted by atomic mass is 9.90. The third kappa shape index (κ3) is 11.9. The van der Waals surface area contributed by atoms with E-state index in [4.69, 9.17) is 0 Å². The minimum absolute atomic E-state index is 1.30. The monoisotopic (exact) mass is 386 g/mol. The maximum absolute atomic E-state index is 2.44. The van der Waals surface area contributed by atoms with Crippen molar-refractivity contribution in [1.29, 1.82) is 0 Å². The minimum atomic E-state index is 1.30. The SMILES string of the molecule is CCCCCCCCCc1cccc(CCCCC)c1CCCCCCCC. The highest BCUT2D eigenvalue weighted by molar-refractivity contribution is 5.36. The second kappa shape index (κ2) is 18.3. The second-order valence-corrected chi connectivity index (χ2v) is 8.90. The molecule has 28 heavy (non-hydrogen) atoms. The number of benzene rings is 1. The molecule has 1 aromatic carbocycles. The third-order valence-corrected chi connectivity index (χ3v) is 6.25. The van der Waals surface area contributed by atoms with Gasteiger partial charge in [0.25, 0.3) is 0 Å². The molecule has 0 heteroatoms. The molecule has 0 saturated heterocycles. The molecule has 0 heterocycles. The van der Waals surface area contributed by atoms with E-state index in [2.05, 4.69) is 39.0 Å². The van der Waals surface area contributed by atoms with Crippen molar-refractivity contribution in [3.63, 3.8) is 0 Å². The highest BCUT2D eigenvalue weighted by Crippen LogP contribution is 2.23. The molecular formula is C28H50. The first-order chi connectivity index (χ1) is 13.8. The van der Waals surface area contributed by atoms with Gasteiger partial charge in [0.05, 0.1) is 0 Å². The lowest BCUT2D eigenvalue weighted by Gasteiger charge is -2.15. The van der Waals surface area contributed by atoms with Gasteiger partial charge in [-0.2, -0.15) is 0 Å². The first-order valence-electron chi connectivity index (χ1n) is 12.9. The fourth-order valence-corrected chi connectivity index (χ4v) is 4.40. The van der Waals surface area contributed by atoms with Crippen LogP contribution in [0.1, 0.15) is 140 Å². The molecule has 162 valence electrons. The predicted octanol–water partition coefficient (Wildman–Crippen LogP) is 9.62. The van der Waals surface area contributed by atoms with E-state index >= 15 is 0 Å². The van der Waals surface area contributed by atoms with Crippen molar-refractivity contribution in [1.82, 2.24) is 0 Å². The summed E-state index contributed by atoms with van der Waals surface area (Å²) in [5, 5.41) is 0. The van der Waals surface area contributed by atoms with Crippen LogP contribution in [0.15, 0.2) is 18.2 Å². The van der Waals surface area contributed by atoms with Crippen LogP contribution in [0.5, 0.6) is 0 Å². The first-order valence-corrected chi connectivity index (χ1v) is 12.9. The fraction of sp³-hybridized carbons (Fsp3) is 0.786. The molecule has 0 aliphatic carbocycles. The van der Waals surface area contributed by atoms with Crippen LogP contribution in [0, 0.1) is 0 Å². The van der Waals surface area contributed by atoms with E-state index in [1.807, 2.05) is 0 Å². The molecule has 0 aliphatic rings. The Morgan fingerprint density at radius 3 is 1.29 bits per heavy atom. The Labute approximate surface area is 177 Å². The van der Waals surface area contributed by atoms with Crippen LogP contribution in [-0.2, 0) is 19.3 Å². The van der Waals surface area contributed by atoms with Crippen LogP contribution in [0.4, 0.5) is 0 Å². The van der Waals surface area contributed by atoms with E-state index in [0.717, 1.165) is 0 Å². The molecule has 0 unspecified atom stereocenters. The minimum Gasteiger partial charge on any atom is -0.0654 e. The number of unbranched alkanes of at least 4 members (excludes halogenated alkanes) is 13. The van der Waals surface area contributed by atoms with Crippen molar-refractivity contribution >= 4 is 0 Å². The number of rotatable bonds is 19. The van der Waals surface area contributed by atoms with Gasteiger partial charge in [0.1, 0.15) is 0 Å². The number of hydrogen-bond donors (Lipinski definition) is 0. The quantitative estimate of drug-likeness (QED) is 0.208. The lowest BCUT2D eigenvalue weighted by Crippen LogP contribution is -2.02. The molecule has 1 rings (SSSR count). The third-order valence-electron chi connectivity index (χ3n) is 6.25. The largest absolute Gasteiger partial charge is 0.0654 e. The molecule has 0 radical (unpaired) electrons. The molecule has 0 spiro atoms. The van der Waals surface area contributed by atoms with E-state index < -0.39 is 0 Å². The molecule has 1 aromatic rings. The topological polar surface area (TPSA) is 0 Å². The highest BCUT2D eigenvalue weighted by atomic mass is 14.1. The van der Waals surface area contributed by atoms with E-state index in [1.165, 1.54) is 122 Å². The van der Waals surface area contributed by atoms with Crippen molar-refractivity contribution in [2.45, 2.75) is 143 Å². The van der Waals surface area contributed by atoms with Crippen LogP contribution in [-0.4, -0.2) is 0 Å². The van der Waals surface area contributed by atoms with Gasteiger partial charge >= 0.3 is 0 Å². The molecule has 0 atom stereocenters. The Kier molecular flexibility index (Phi) is 16.5. The van der Waals surface area contributed by atoms with Gasteiger partial charge in [-0.3, -0.25) is 0 Å². The van der Waals surface area contributed by atoms with E-state index in [0.29, 0.717) is 0 Å². The number of hydrogen-bond acceptors (Lipinski definition) is 0. The van der Waals surface area contributed by atoms with Crippen LogP contribution in [0.25, 0.3) is 0 Å². The van der Waals surface area contributed by atoms with Gasteiger partial charge in [0.15, 0.2) is 0 Å². The van der Waals surface area contributed by atoms with Gasteiger partial charge in [-0.25, -0.2) is 0 Å². The zero-order valence-corrected chi connectivity index (χ0v) is 19.7. The Hall–Kier alpha value is -0.780. The van der Waals surface area contributed by atoms with Crippen molar-refractivity contribution in [2.24, 2.45) is 0 Å². The summed E-state index contributed by atoms with van der Waals surface area (Å²) in [6, 6.07) is 7.20. The summed E-state index contributed by atoms with van der Waals surface area (Å²) in [4.78, 5) is 0. The fourth-order valence-electron chi connectivity index (χ4n) is 4.40. The van der Waals surface area contributed by atoms with E-state index in [9.17, 15) is 0 Å². The van der Waals surface area contributed by atoms with E-state index in [-0.39, 0.29) is 0 Å². The average Bonchev–Trinajstić information content (AvgIpc) is 2.71. The molecule has 0 N–H and O–H groups in total. The maximum atomic E-state index is 2.44. The summed E-state index contributed by atoms with van der Waals surface area (Å²) in [5.41, 5.74) is 5.08. The molecule has 0 aromatic heterocycles. The molecule has 0 nitrogen and oxygen atoms in total. The predicted molar refractivity (Wildman–Crippen MR) is 128 cm³/mol. The second-order valence-electron chi connectivity index (χ2n) is 8.90. The summed E-state index contributed by atoms with van der Waals surface area (Å²) in [5.74, 6) is 0. The van der Waals surface area contributed by atoms with Crippen molar-refractivity contribution < 1.29 is 0 Å². The summed E-state index contributed by atoms with van der Waals surface area (Å²) in [7, 11) is 0. The van der Waals surface area contributed by atoms with Gasteiger partial charge in [0.2, 0.25) is 0 Å². The summed E-state index contributed by atoms with van der Waals surface area (Å²) in [6.07, 6.45) is 26.3. The summed E-state index contributed by atoms with van der Waals surface area (Å²) in [6.45, 7) is 6.93. The van der Waals surface area contributed by atoms with Crippen molar-refractivity contribution in [3.05, 3.63) is 34.9 Å². The molecule has 0 amide bonds. The molecule has 0 saturated carbocycles. The molecule has 0 fully saturated rings. The Morgan fingerprint density at radius 1 is 0.429 bits per heavy atom. The Balaban J connectivity index is 2.52. The Bertz CT molecular complexity index is 459. The summed E-state index contributed by atoms with van der Waals surface area (Å²) < 4.78 is 0. The smallest absolute Gasteiger partial charge is 0.0273 e. The Morgan fingerprint density at radius 2 is 0.786 bits per heavy atom. The van der Waals surface area contributed by atoms with Crippen LogP contribution in [0.2, 0.25) is 0 Å². The number of aryl methyl sites for hydroxylation is 2. The molecule has 0 bridgehead atoms.